The molecule has 0 aliphatic carbocycles. The Kier molecular flexibility index (Phi) is 5.69. The van der Waals surface area contributed by atoms with Gasteiger partial charge in [-0.05, 0) is 31.2 Å². The highest BCUT2D eigenvalue weighted by Gasteiger charge is 2.15. The molecule has 7 nitrogen and oxygen atoms in total. The number of nitrogens with zero attached hydrogens (tertiary/aromatic N) is 3. The van der Waals surface area contributed by atoms with E-state index >= 15 is 0 Å². The number of nitrogens with one attached hydrogen (secondary N) is 1. The quantitative estimate of drug-likeness (QED) is 0.747. The molecule has 23 heavy (non-hydrogen) atoms. The Balaban J connectivity index is 2.02. The molecule has 0 fully saturated rings. The van der Waals surface area contributed by atoms with Crippen LogP contribution < -0.4 is 5.32 Å². The normalized spacial score (nSPS) is 10.5. The van der Waals surface area contributed by atoms with Gasteiger partial charge >= 0.3 is 5.97 Å². The second-order valence-corrected chi connectivity index (χ2v) is 5.50. The van der Waals surface area contributed by atoms with Crippen molar-refractivity contribution in [2.24, 2.45) is 0 Å². The lowest BCUT2D eigenvalue weighted by Crippen LogP contribution is -2.17. The average molecular weight is 338 g/mol. The first-order valence-electron chi connectivity index (χ1n) is 6.81. The fourth-order valence-electron chi connectivity index (χ4n) is 1.88. The van der Waals surface area contributed by atoms with Crippen LogP contribution in [0.4, 0.5) is 10.1 Å². The van der Waals surface area contributed by atoms with Gasteiger partial charge in [0.25, 0.3) is 0 Å². The minimum Gasteiger partial charge on any atom is -0.481 e. The topological polar surface area (TPSA) is 97.1 Å². The Morgan fingerprint density at radius 3 is 2.61 bits per heavy atom. The molecule has 1 heterocycles. The first-order valence-corrected chi connectivity index (χ1v) is 7.80. The summed E-state index contributed by atoms with van der Waals surface area (Å²) >= 11 is 1.05. The zero-order valence-corrected chi connectivity index (χ0v) is 13.1. The summed E-state index contributed by atoms with van der Waals surface area (Å²) in [5.74, 6) is -1.32. The maximum atomic E-state index is 12.8. The minimum atomic E-state index is -0.948. The molecule has 1 aromatic heterocycles. The highest BCUT2D eigenvalue weighted by Crippen LogP contribution is 2.17. The van der Waals surface area contributed by atoms with Crippen molar-refractivity contribution in [2.45, 2.75) is 25.0 Å². The van der Waals surface area contributed by atoms with Gasteiger partial charge < -0.3 is 15.0 Å². The molecular weight excluding hydrogens is 323 g/mol. The molecule has 0 saturated heterocycles. The number of aromatic nitrogens is 3. The van der Waals surface area contributed by atoms with Crippen molar-refractivity contribution < 1.29 is 19.1 Å². The van der Waals surface area contributed by atoms with Crippen molar-refractivity contribution in [3.8, 4) is 0 Å². The summed E-state index contributed by atoms with van der Waals surface area (Å²) in [6.45, 7) is 2.38. The van der Waals surface area contributed by atoms with E-state index in [1.807, 2.05) is 6.92 Å². The Morgan fingerprint density at radius 2 is 2.00 bits per heavy atom. The van der Waals surface area contributed by atoms with Gasteiger partial charge in [0.15, 0.2) is 5.16 Å². The second-order valence-electron chi connectivity index (χ2n) is 4.56. The highest BCUT2D eigenvalue weighted by atomic mass is 32.2. The average Bonchev–Trinajstić information content (AvgIpc) is 2.89. The van der Waals surface area contributed by atoms with Gasteiger partial charge in [-0.1, -0.05) is 11.8 Å². The lowest BCUT2D eigenvalue weighted by atomic mass is 10.3. The van der Waals surface area contributed by atoms with E-state index < -0.39 is 5.97 Å². The van der Waals surface area contributed by atoms with Crippen LogP contribution in [0.3, 0.4) is 0 Å². The van der Waals surface area contributed by atoms with E-state index in [0.717, 1.165) is 11.8 Å². The summed E-state index contributed by atoms with van der Waals surface area (Å²) in [7, 11) is 0. The molecule has 0 bridgehead atoms. The molecule has 0 aliphatic rings. The number of amides is 1. The second kappa shape index (κ2) is 7.73. The van der Waals surface area contributed by atoms with Gasteiger partial charge in [-0.3, -0.25) is 9.59 Å². The van der Waals surface area contributed by atoms with Crippen LogP contribution in [0.25, 0.3) is 0 Å². The summed E-state index contributed by atoms with van der Waals surface area (Å²) in [6, 6.07) is 5.44. The largest absolute Gasteiger partial charge is 0.481 e. The van der Waals surface area contributed by atoms with Crippen LogP contribution in [-0.4, -0.2) is 37.5 Å². The van der Waals surface area contributed by atoms with Crippen molar-refractivity contribution in [2.75, 3.05) is 11.1 Å². The first kappa shape index (κ1) is 16.9. The molecule has 1 amide bonds. The molecule has 0 atom stereocenters. The third-order valence-electron chi connectivity index (χ3n) is 2.88. The van der Waals surface area contributed by atoms with Gasteiger partial charge in [0.1, 0.15) is 11.6 Å². The summed E-state index contributed by atoms with van der Waals surface area (Å²) in [5.41, 5.74) is 0.486. The standard InChI is InChI=1S/C14H15FN4O3S/c1-2-19-11(17-18-14(19)23-8-13(21)22)7-12(20)16-10-5-3-9(15)4-6-10/h3-6H,2,7-8H2,1H3,(H,16,20)(H,21,22). The Bertz CT molecular complexity index is 703. The van der Waals surface area contributed by atoms with Gasteiger partial charge in [0.05, 0.1) is 12.2 Å². The number of hydrogen-bond acceptors (Lipinski definition) is 5. The van der Waals surface area contributed by atoms with Crippen LogP contribution in [0.2, 0.25) is 0 Å². The van der Waals surface area contributed by atoms with Gasteiger partial charge in [-0.15, -0.1) is 10.2 Å². The van der Waals surface area contributed by atoms with E-state index in [1.54, 1.807) is 4.57 Å². The molecule has 9 heteroatoms. The van der Waals surface area contributed by atoms with Crippen molar-refractivity contribution in [3.63, 3.8) is 0 Å². The van der Waals surface area contributed by atoms with Gasteiger partial charge in [0, 0.05) is 12.2 Å². The van der Waals surface area contributed by atoms with E-state index in [9.17, 15) is 14.0 Å². The molecule has 122 valence electrons. The third kappa shape index (κ3) is 4.78. The molecule has 2 rings (SSSR count). The lowest BCUT2D eigenvalue weighted by molar-refractivity contribution is -0.133. The summed E-state index contributed by atoms with van der Waals surface area (Å²) in [5, 5.41) is 19.7. The van der Waals surface area contributed by atoms with Gasteiger partial charge in [0.2, 0.25) is 5.91 Å². The molecule has 0 spiro atoms. The zero-order chi connectivity index (χ0) is 16.8. The van der Waals surface area contributed by atoms with Crippen LogP contribution in [0.5, 0.6) is 0 Å². The van der Waals surface area contributed by atoms with E-state index in [1.165, 1.54) is 24.3 Å². The maximum Gasteiger partial charge on any atom is 0.313 e. The smallest absolute Gasteiger partial charge is 0.313 e. The molecule has 2 aromatic rings. The van der Waals surface area contributed by atoms with E-state index in [4.69, 9.17) is 5.11 Å². The summed E-state index contributed by atoms with van der Waals surface area (Å²) in [4.78, 5) is 22.6. The molecule has 0 radical (unpaired) electrons. The number of hydrogen-bond donors (Lipinski definition) is 2. The number of rotatable bonds is 7. The number of aliphatic carboxylic acids is 1. The van der Waals surface area contributed by atoms with E-state index in [2.05, 4.69) is 15.5 Å². The first-order chi connectivity index (χ1) is 11.0. The van der Waals surface area contributed by atoms with Crippen molar-refractivity contribution in [3.05, 3.63) is 35.9 Å². The molecular formula is C14H15FN4O3S. The Labute approximate surface area is 135 Å². The number of thioether (sulfide) groups is 1. The van der Waals surface area contributed by atoms with Crippen LogP contribution >= 0.6 is 11.8 Å². The minimum absolute atomic E-state index is 0.00809. The molecule has 0 unspecified atom stereocenters. The van der Waals surface area contributed by atoms with Crippen molar-refractivity contribution in [1.29, 1.82) is 0 Å². The number of halogens is 1. The third-order valence-corrected chi connectivity index (χ3v) is 3.83. The fourth-order valence-corrected chi connectivity index (χ4v) is 2.62. The van der Waals surface area contributed by atoms with Crippen LogP contribution in [0.15, 0.2) is 29.4 Å². The summed E-state index contributed by atoms with van der Waals surface area (Å²) < 4.78 is 14.5. The van der Waals surface area contributed by atoms with Crippen molar-refractivity contribution in [1.82, 2.24) is 14.8 Å². The zero-order valence-electron chi connectivity index (χ0n) is 12.3. The number of anilines is 1. The lowest BCUT2D eigenvalue weighted by Gasteiger charge is -2.07. The number of benzene rings is 1. The predicted molar refractivity (Wildman–Crippen MR) is 82.8 cm³/mol. The number of carboxylic acids is 1. The van der Waals surface area contributed by atoms with Gasteiger partial charge in [-0.25, -0.2) is 4.39 Å². The fraction of sp³-hybridized carbons (Fsp3) is 0.286. The Hall–Kier alpha value is -2.42. The molecule has 0 saturated carbocycles. The number of carbonyl (C=O) groups excluding carboxylic acids is 1. The van der Waals surface area contributed by atoms with Gasteiger partial charge in [-0.2, -0.15) is 0 Å². The van der Waals surface area contributed by atoms with Crippen molar-refractivity contribution >= 4 is 29.3 Å². The number of carboxylic acid groups (broad SMARTS) is 1. The van der Waals surface area contributed by atoms with E-state index in [-0.39, 0.29) is 23.9 Å². The Morgan fingerprint density at radius 1 is 1.30 bits per heavy atom. The SMILES string of the molecule is CCn1c(CC(=O)Nc2ccc(F)cc2)nnc1SCC(=O)O. The predicted octanol–water partition coefficient (Wildman–Crippen LogP) is 1.79. The number of carbonyl (C=O) groups is 2. The van der Waals surface area contributed by atoms with E-state index in [0.29, 0.717) is 23.2 Å². The van der Waals surface area contributed by atoms with Crippen LogP contribution in [0, 0.1) is 5.82 Å². The van der Waals surface area contributed by atoms with Crippen LogP contribution in [-0.2, 0) is 22.6 Å². The molecule has 2 N–H and O–H groups in total. The maximum absolute atomic E-state index is 12.8. The molecule has 1 aromatic carbocycles. The highest BCUT2D eigenvalue weighted by molar-refractivity contribution is 7.99. The molecule has 0 aliphatic heterocycles. The van der Waals surface area contributed by atoms with Crippen LogP contribution in [0.1, 0.15) is 12.7 Å². The summed E-state index contributed by atoms with van der Waals surface area (Å²) in [6.07, 6.45) is -0.00809. The monoisotopic (exact) mass is 338 g/mol.